The molecule has 0 N–H and O–H groups in total. The lowest BCUT2D eigenvalue weighted by Gasteiger charge is -2.13. The summed E-state index contributed by atoms with van der Waals surface area (Å²) in [7, 11) is 0. The molecule has 0 saturated heterocycles. The molecule has 1 aromatic carbocycles. The van der Waals surface area contributed by atoms with Gasteiger partial charge in [-0.1, -0.05) is 41.4 Å². The maximum Gasteiger partial charge on any atom is 0.417 e. The van der Waals surface area contributed by atoms with Gasteiger partial charge in [0.15, 0.2) is 10.3 Å². The number of aromatic nitrogens is 2. The fraction of sp³-hybridized carbons (Fsp3) is 0.0909. The summed E-state index contributed by atoms with van der Waals surface area (Å²) in [4.78, 5) is 0. The van der Waals surface area contributed by atoms with Crippen molar-refractivity contribution in [1.29, 1.82) is 0 Å². The van der Waals surface area contributed by atoms with E-state index in [1.807, 2.05) is 0 Å². The van der Waals surface area contributed by atoms with E-state index < -0.39 is 11.7 Å². The van der Waals surface area contributed by atoms with E-state index in [1.54, 1.807) is 0 Å². The van der Waals surface area contributed by atoms with E-state index in [0.29, 0.717) is 0 Å². The minimum atomic E-state index is -4.48. The zero-order valence-electron chi connectivity index (χ0n) is 8.67. The lowest BCUT2D eigenvalue weighted by Crippen LogP contribution is -2.07. The Kier molecular flexibility index (Phi) is 3.45. The van der Waals surface area contributed by atoms with Crippen molar-refractivity contribution >= 4 is 23.2 Å². The van der Waals surface area contributed by atoms with E-state index in [1.165, 1.54) is 24.3 Å². The first-order chi connectivity index (χ1) is 8.39. The van der Waals surface area contributed by atoms with Gasteiger partial charge in [0.25, 0.3) is 0 Å². The Labute approximate surface area is 110 Å². The summed E-state index contributed by atoms with van der Waals surface area (Å²) in [6.07, 6.45) is -4.48. The third kappa shape index (κ3) is 2.57. The van der Waals surface area contributed by atoms with Crippen molar-refractivity contribution in [2.24, 2.45) is 0 Å². The SMILES string of the molecule is FC(F)(F)c1ccccc1-c1cc(Cl)nnc1Cl. The van der Waals surface area contributed by atoms with Gasteiger partial charge in [-0.3, -0.25) is 0 Å². The van der Waals surface area contributed by atoms with Crippen molar-refractivity contribution in [2.45, 2.75) is 6.18 Å². The highest BCUT2D eigenvalue weighted by Gasteiger charge is 2.33. The minimum Gasteiger partial charge on any atom is -0.166 e. The largest absolute Gasteiger partial charge is 0.417 e. The Bertz CT molecular complexity index is 585. The van der Waals surface area contributed by atoms with Crippen molar-refractivity contribution in [2.75, 3.05) is 0 Å². The fourth-order valence-electron chi connectivity index (χ4n) is 1.51. The number of benzene rings is 1. The lowest BCUT2D eigenvalue weighted by atomic mass is 10.0. The van der Waals surface area contributed by atoms with E-state index in [0.717, 1.165) is 6.07 Å². The van der Waals surface area contributed by atoms with Crippen LogP contribution in [-0.2, 0) is 6.18 Å². The van der Waals surface area contributed by atoms with Crippen LogP contribution in [0.25, 0.3) is 11.1 Å². The van der Waals surface area contributed by atoms with Gasteiger partial charge in [0.2, 0.25) is 0 Å². The highest BCUT2D eigenvalue weighted by Crippen LogP contribution is 2.39. The Morgan fingerprint density at radius 1 is 0.944 bits per heavy atom. The van der Waals surface area contributed by atoms with E-state index >= 15 is 0 Å². The molecule has 0 amide bonds. The fourth-order valence-corrected chi connectivity index (χ4v) is 1.85. The monoisotopic (exact) mass is 292 g/mol. The number of nitrogens with zero attached hydrogens (tertiary/aromatic N) is 2. The van der Waals surface area contributed by atoms with Crippen LogP contribution in [0.15, 0.2) is 30.3 Å². The molecule has 94 valence electrons. The predicted molar refractivity (Wildman–Crippen MR) is 62.5 cm³/mol. The molecular formula is C11H5Cl2F3N2. The first kappa shape index (κ1) is 13.1. The summed E-state index contributed by atoms with van der Waals surface area (Å²) < 4.78 is 38.6. The summed E-state index contributed by atoms with van der Waals surface area (Å²) in [6.45, 7) is 0. The molecule has 0 bridgehead atoms. The quantitative estimate of drug-likeness (QED) is 0.775. The molecule has 0 unspecified atom stereocenters. The number of hydrogen-bond donors (Lipinski definition) is 0. The van der Waals surface area contributed by atoms with Crippen LogP contribution in [0.2, 0.25) is 10.3 Å². The normalized spacial score (nSPS) is 11.6. The molecule has 18 heavy (non-hydrogen) atoms. The average molecular weight is 293 g/mol. The van der Waals surface area contributed by atoms with Crippen LogP contribution in [0.3, 0.4) is 0 Å². The van der Waals surface area contributed by atoms with Crippen LogP contribution in [0.1, 0.15) is 5.56 Å². The van der Waals surface area contributed by atoms with Crippen molar-refractivity contribution in [3.63, 3.8) is 0 Å². The van der Waals surface area contributed by atoms with E-state index in [9.17, 15) is 13.2 Å². The first-order valence-electron chi connectivity index (χ1n) is 4.75. The van der Waals surface area contributed by atoms with E-state index in [2.05, 4.69) is 10.2 Å². The van der Waals surface area contributed by atoms with Gasteiger partial charge in [-0.15, -0.1) is 10.2 Å². The summed E-state index contributed by atoms with van der Waals surface area (Å²) in [5, 5.41) is 6.80. The molecule has 0 aliphatic carbocycles. The molecule has 1 aromatic heterocycles. The molecule has 0 aliphatic heterocycles. The van der Waals surface area contributed by atoms with Crippen LogP contribution in [0.5, 0.6) is 0 Å². The van der Waals surface area contributed by atoms with Crippen molar-refractivity contribution < 1.29 is 13.2 Å². The molecule has 0 aliphatic rings. The first-order valence-corrected chi connectivity index (χ1v) is 5.50. The van der Waals surface area contributed by atoms with Gasteiger partial charge in [0.1, 0.15) is 0 Å². The maximum atomic E-state index is 12.9. The standard InChI is InChI=1S/C11H5Cl2F3N2/c12-9-5-7(10(13)18-17-9)6-3-1-2-4-8(6)11(14,15)16/h1-5H. The molecule has 2 nitrogen and oxygen atoms in total. The van der Waals surface area contributed by atoms with Crippen LogP contribution in [0.4, 0.5) is 13.2 Å². The number of halogens is 5. The number of hydrogen-bond acceptors (Lipinski definition) is 2. The smallest absolute Gasteiger partial charge is 0.166 e. The van der Waals surface area contributed by atoms with Gasteiger partial charge >= 0.3 is 6.18 Å². The van der Waals surface area contributed by atoms with Gasteiger partial charge in [0.05, 0.1) is 5.56 Å². The molecular weight excluding hydrogens is 288 g/mol. The molecule has 2 rings (SSSR count). The van der Waals surface area contributed by atoms with Gasteiger partial charge in [-0.05, 0) is 17.7 Å². The second kappa shape index (κ2) is 4.74. The van der Waals surface area contributed by atoms with Crippen LogP contribution >= 0.6 is 23.2 Å². The minimum absolute atomic E-state index is 0.0219. The summed E-state index contributed by atoms with van der Waals surface area (Å²) in [5.74, 6) is 0. The molecule has 0 spiro atoms. The van der Waals surface area contributed by atoms with Gasteiger partial charge in [0, 0.05) is 5.56 Å². The van der Waals surface area contributed by atoms with E-state index in [-0.39, 0.29) is 21.4 Å². The summed E-state index contributed by atoms with van der Waals surface area (Å²) in [5.41, 5.74) is -0.771. The Balaban J connectivity index is 2.68. The Hall–Kier alpha value is -1.33. The zero-order chi connectivity index (χ0) is 13.3. The van der Waals surface area contributed by atoms with Crippen molar-refractivity contribution in [3.8, 4) is 11.1 Å². The average Bonchev–Trinajstić information content (AvgIpc) is 2.31. The van der Waals surface area contributed by atoms with Gasteiger partial charge < -0.3 is 0 Å². The second-order valence-corrected chi connectivity index (χ2v) is 4.16. The molecule has 7 heteroatoms. The number of alkyl halides is 3. The van der Waals surface area contributed by atoms with Gasteiger partial charge in [-0.25, -0.2) is 0 Å². The van der Waals surface area contributed by atoms with Crippen LogP contribution in [0, 0.1) is 0 Å². The van der Waals surface area contributed by atoms with Gasteiger partial charge in [-0.2, -0.15) is 13.2 Å². The number of rotatable bonds is 1. The third-order valence-corrected chi connectivity index (χ3v) is 2.71. The Morgan fingerprint density at radius 2 is 1.61 bits per heavy atom. The predicted octanol–water partition coefficient (Wildman–Crippen LogP) is 4.47. The molecule has 0 fully saturated rings. The highest BCUT2D eigenvalue weighted by atomic mass is 35.5. The molecule has 0 radical (unpaired) electrons. The van der Waals surface area contributed by atoms with Crippen LogP contribution < -0.4 is 0 Å². The third-order valence-electron chi connectivity index (χ3n) is 2.24. The van der Waals surface area contributed by atoms with E-state index in [4.69, 9.17) is 23.2 Å². The molecule has 0 atom stereocenters. The summed E-state index contributed by atoms with van der Waals surface area (Å²) >= 11 is 11.4. The molecule has 0 saturated carbocycles. The Morgan fingerprint density at radius 3 is 2.28 bits per heavy atom. The maximum absolute atomic E-state index is 12.9. The lowest BCUT2D eigenvalue weighted by molar-refractivity contribution is -0.137. The van der Waals surface area contributed by atoms with Crippen molar-refractivity contribution in [1.82, 2.24) is 10.2 Å². The van der Waals surface area contributed by atoms with Crippen LogP contribution in [-0.4, -0.2) is 10.2 Å². The highest BCUT2D eigenvalue weighted by molar-refractivity contribution is 6.33. The molecule has 1 heterocycles. The second-order valence-electron chi connectivity index (χ2n) is 3.41. The zero-order valence-corrected chi connectivity index (χ0v) is 10.2. The summed E-state index contributed by atoms with van der Waals surface area (Å²) in [6, 6.07) is 6.31. The topological polar surface area (TPSA) is 25.8 Å². The molecule has 2 aromatic rings. The van der Waals surface area contributed by atoms with Crippen molar-refractivity contribution in [3.05, 3.63) is 46.2 Å².